The molecule has 0 aromatic heterocycles. The van der Waals surface area contributed by atoms with Gasteiger partial charge >= 0.3 is 0 Å². The molecule has 1 saturated heterocycles. The maximum atomic E-state index is 11.6. The molecule has 1 aromatic rings. The third-order valence-corrected chi connectivity index (χ3v) is 4.21. The minimum Gasteiger partial charge on any atom is -0.339 e. The average molecular weight is 260 g/mol. The molecule has 0 spiro atoms. The van der Waals surface area contributed by atoms with Gasteiger partial charge in [-0.2, -0.15) is 0 Å². The number of amides is 1. The minimum atomic E-state index is 0.196. The lowest BCUT2D eigenvalue weighted by atomic mass is 10.1. The number of hydrogen-bond donors (Lipinski definition) is 0. The molecule has 1 aromatic carbocycles. The van der Waals surface area contributed by atoms with E-state index in [9.17, 15) is 4.79 Å². The van der Waals surface area contributed by atoms with Crippen LogP contribution in [0.5, 0.6) is 0 Å². The molecular formula is C16H24N2O. The van der Waals surface area contributed by atoms with E-state index in [1.54, 1.807) is 6.92 Å². The summed E-state index contributed by atoms with van der Waals surface area (Å²) in [5.41, 5.74) is 1.36. The zero-order chi connectivity index (χ0) is 13.8. The Kier molecular flexibility index (Phi) is 4.59. The van der Waals surface area contributed by atoms with Crippen LogP contribution in [0.1, 0.15) is 38.8 Å². The van der Waals surface area contributed by atoms with Gasteiger partial charge in [-0.1, -0.05) is 30.3 Å². The first-order chi connectivity index (χ1) is 9.13. The molecule has 19 heavy (non-hydrogen) atoms. The van der Waals surface area contributed by atoms with Crippen molar-refractivity contribution in [1.29, 1.82) is 0 Å². The molecule has 1 aliphatic rings. The second-order valence-electron chi connectivity index (χ2n) is 5.33. The van der Waals surface area contributed by atoms with E-state index in [1.165, 1.54) is 5.56 Å². The molecule has 3 nitrogen and oxygen atoms in total. The number of likely N-dealkylation sites (N-methyl/N-ethyl adjacent to an activating group) is 1. The van der Waals surface area contributed by atoms with Crippen LogP contribution in [0.15, 0.2) is 30.3 Å². The highest BCUT2D eigenvalue weighted by atomic mass is 16.2. The topological polar surface area (TPSA) is 23.6 Å². The summed E-state index contributed by atoms with van der Waals surface area (Å²) >= 11 is 0. The van der Waals surface area contributed by atoms with E-state index in [2.05, 4.69) is 49.1 Å². The summed E-state index contributed by atoms with van der Waals surface area (Å²) in [4.78, 5) is 16.1. The molecule has 0 saturated carbocycles. The van der Waals surface area contributed by atoms with E-state index < -0.39 is 0 Å². The van der Waals surface area contributed by atoms with Crippen LogP contribution >= 0.6 is 0 Å². The Morgan fingerprint density at radius 3 is 2.68 bits per heavy atom. The van der Waals surface area contributed by atoms with Crippen molar-refractivity contribution in [3.05, 3.63) is 35.9 Å². The number of hydrogen-bond acceptors (Lipinski definition) is 2. The Hall–Kier alpha value is -1.35. The van der Waals surface area contributed by atoms with Crippen LogP contribution in [0.4, 0.5) is 0 Å². The Morgan fingerprint density at radius 2 is 2.11 bits per heavy atom. The predicted molar refractivity (Wildman–Crippen MR) is 77.9 cm³/mol. The normalized spacial score (nSPS) is 21.3. The summed E-state index contributed by atoms with van der Waals surface area (Å²) in [6, 6.07) is 11.4. The summed E-state index contributed by atoms with van der Waals surface area (Å²) < 4.78 is 0. The van der Waals surface area contributed by atoms with Gasteiger partial charge in [-0.25, -0.2) is 0 Å². The summed E-state index contributed by atoms with van der Waals surface area (Å²) in [6.45, 7) is 8.86. The van der Waals surface area contributed by atoms with Crippen molar-refractivity contribution in [3.63, 3.8) is 0 Å². The molecule has 0 unspecified atom stereocenters. The Morgan fingerprint density at radius 1 is 1.42 bits per heavy atom. The first-order valence-electron chi connectivity index (χ1n) is 7.19. The average Bonchev–Trinajstić information content (AvgIpc) is 2.89. The molecule has 2 atom stereocenters. The molecule has 1 fully saturated rings. The van der Waals surface area contributed by atoms with Gasteiger partial charge in [0, 0.05) is 38.6 Å². The van der Waals surface area contributed by atoms with Gasteiger partial charge in [0.05, 0.1) is 0 Å². The van der Waals surface area contributed by atoms with Crippen LogP contribution in [0, 0.1) is 0 Å². The van der Waals surface area contributed by atoms with E-state index in [0.29, 0.717) is 12.1 Å². The highest BCUT2D eigenvalue weighted by molar-refractivity contribution is 5.73. The monoisotopic (exact) mass is 260 g/mol. The van der Waals surface area contributed by atoms with Crippen LogP contribution in [0.2, 0.25) is 0 Å². The molecule has 2 rings (SSSR count). The minimum absolute atomic E-state index is 0.196. The number of carbonyl (C=O) groups is 1. The molecule has 1 amide bonds. The third kappa shape index (κ3) is 3.16. The van der Waals surface area contributed by atoms with E-state index in [4.69, 9.17) is 0 Å². The maximum absolute atomic E-state index is 11.6. The van der Waals surface area contributed by atoms with Crippen LogP contribution < -0.4 is 0 Å². The predicted octanol–water partition coefficient (Wildman–Crippen LogP) is 2.69. The van der Waals surface area contributed by atoms with Crippen molar-refractivity contribution in [1.82, 2.24) is 9.80 Å². The summed E-state index contributed by atoms with van der Waals surface area (Å²) in [5.74, 6) is 0.196. The third-order valence-electron chi connectivity index (χ3n) is 4.21. The second kappa shape index (κ2) is 6.20. The van der Waals surface area contributed by atoms with Crippen molar-refractivity contribution in [2.75, 3.05) is 19.6 Å². The molecule has 0 N–H and O–H groups in total. The number of benzene rings is 1. The van der Waals surface area contributed by atoms with Gasteiger partial charge in [0.15, 0.2) is 0 Å². The lowest BCUT2D eigenvalue weighted by Crippen LogP contribution is -2.40. The standard InChI is InChI=1S/C16H24N2O/c1-4-18(14(3)19)16-10-11-17(12-16)13(2)15-8-6-5-7-9-15/h5-9,13,16H,4,10-12H2,1-3H3/t13-,16-/m1/s1. The van der Waals surface area contributed by atoms with E-state index >= 15 is 0 Å². The molecule has 0 bridgehead atoms. The Balaban J connectivity index is 2.00. The maximum Gasteiger partial charge on any atom is 0.219 e. The van der Waals surface area contributed by atoms with E-state index in [1.807, 2.05) is 4.90 Å². The quantitative estimate of drug-likeness (QED) is 0.831. The Bertz CT molecular complexity index is 418. The summed E-state index contributed by atoms with van der Waals surface area (Å²) in [7, 11) is 0. The van der Waals surface area contributed by atoms with Crippen molar-refractivity contribution >= 4 is 5.91 Å². The van der Waals surface area contributed by atoms with Gasteiger partial charge in [0.1, 0.15) is 0 Å². The fourth-order valence-electron chi connectivity index (χ4n) is 3.05. The van der Waals surface area contributed by atoms with Crippen LogP contribution in [0.25, 0.3) is 0 Å². The number of nitrogens with zero attached hydrogens (tertiary/aromatic N) is 2. The van der Waals surface area contributed by atoms with Gasteiger partial charge in [0.2, 0.25) is 5.91 Å². The molecular weight excluding hydrogens is 236 g/mol. The smallest absolute Gasteiger partial charge is 0.219 e. The lowest BCUT2D eigenvalue weighted by molar-refractivity contribution is -0.130. The largest absolute Gasteiger partial charge is 0.339 e. The number of rotatable bonds is 4. The summed E-state index contributed by atoms with van der Waals surface area (Å²) in [6.07, 6.45) is 1.09. The fourth-order valence-corrected chi connectivity index (χ4v) is 3.05. The second-order valence-corrected chi connectivity index (χ2v) is 5.33. The molecule has 0 radical (unpaired) electrons. The first kappa shape index (κ1) is 14.1. The van der Waals surface area contributed by atoms with Crippen molar-refractivity contribution in [2.24, 2.45) is 0 Å². The lowest BCUT2D eigenvalue weighted by Gasteiger charge is -2.29. The molecule has 0 aliphatic carbocycles. The van der Waals surface area contributed by atoms with Crippen LogP contribution in [0.3, 0.4) is 0 Å². The van der Waals surface area contributed by atoms with Crippen LogP contribution in [-0.2, 0) is 4.79 Å². The Labute approximate surface area is 116 Å². The van der Waals surface area contributed by atoms with Gasteiger partial charge in [-0.3, -0.25) is 9.69 Å². The zero-order valence-corrected chi connectivity index (χ0v) is 12.2. The first-order valence-corrected chi connectivity index (χ1v) is 7.19. The van der Waals surface area contributed by atoms with Crippen molar-refractivity contribution in [3.8, 4) is 0 Å². The fraction of sp³-hybridized carbons (Fsp3) is 0.562. The molecule has 1 heterocycles. The van der Waals surface area contributed by atoms with E-state index in [-0.39, 0.29) is 5.91 Å². The number of likely N-dealkylation sites (tertiary alicyclic amines) is 1. The molecule has 1 aliphatic heterocycles. The van der Waals surface area contributed by atoms with Gasteiger partial charge in [0.25, 0.3) is 0 Å². The van der Waals surface area contributed by atoms with E-state index in [0.717, 1.165) is 26.1 Å². The number of carbonyl (C=O) groups excluding carboxylic acids is 1. The summed E-state index contributed by atoms with van der Waals surface area (Å²) in [5, 5.41) is 0. The van der Waals surface area contributed by atoms with Gasteiger partial charge in [-0.15, -0.1) is 0 Å². The SMILES string of the molecule is CCN(C(C)=O)[C@@H]1CCN([C@H](C)c2ccccc2)C1. The van der Waals surface area contributed by atoms with Crippen LogP contribution in [-0.4, -0.2) is 41.4 Å². The highest BCUT2D eigenvalue weighted by Crippen LogP contribution is 2.26. The van der Waals surface area contributed by atoms with Crippen molar-refractivity contribution < 1.29 is 4.79 Å². The highest BCUT2D eigenvalue weighted by Gasteiger charge is 2.30. The van der Waals surface area contributed by atoms with Crippen molar-refractivity contribution in [2.45, 2.75) is 39.3 Å². The van der Waals surface area contributed by atoms with Gasteiger partial charge < -0.3 is 4.90 Å². The van der Waals surface area contributed by atoms with Gasteiger partial charge in [-0.05, 0) is 25.8 Å². The molecule has 3 heteroatoms. The zero-order valence-electron chi connectivity index (χ0n) is 12.2. The molecule has 104 valence electrons.